The standard InChI is InChI=1S/C35H40ClN5S/c1-21-13-22(2)16-28(15-21)40-25(5)17-29(26(40)6)34-33(31-9-7-8-12-37-31)38-35(42)41(34)27-10-11-32(30(36)18-27)39-19-23(3)14-24(4)20-39/h7-13,15-18,23-24,33-34H,14,19-20H2,1-6H3,(H,38,42)/t23-,24+,33-,34-/m0/s1. The second kappa shape index (κ2) is 11.4. The molecule has 1 N–H and O–H groups in total. The van der Waals surface area contributed by atoms with E-state index in [1.807, 2.05) is 18.3 Å². The summed E-state index contributed by atoms with van der Waals surface area (Å²) in [4.78, 5) is 9.44. The van der Waals surface area contributed by atoms with Crippen molar-refractivity contribution in [1.29, 1.82) is 0 Å². The Kier molecular flexibility index (Phi) is 7.79. The lowest BCUT2D eigenvalue weighted by Gasteiger charge is -2.37. The lowest BCUT2D eigenvalue weighted by Crippen LogP contribution is -2.38. The van der Waals surface area contributed by atoms with Crippen LogP contribution >= 0.6 is 23.8 Å². The largest absolute Gasteiger partial charge is 0.370 e. The Hall–Kier alpha value is -3.35. The fraction of sp³-hybridized carbons (Fsp3) is 0.371. The molecule has 2 aromatic carbocycles. The summed E-state index contributed by atoms with van der Waals surface area (Å²) >= 11 is 13.1. The summed E-state index contributed by atoms with van der Waals surface area (Å²) < 4.78 is 2.36. The summed E-state index contributed by atoms with van der Waals surface area (Å²) in [6.07, 6.45) is 3.11. The Morgan fingerprint density at radius 2 is 1.60 bits per heavy atom. The summed E-state index contributed by atoms with van der Waals surface area (Å²) in [5.41, 5.74) is 10.3. The van der Waals surface area contributed by atoms with Gasteiger partial charge in [0.15, 0.2) is 5.11 Å². The van der Waals surface area contributed by atoms with E-state index in [0.717, 1.165) is 35.2 Å². The van der Waals surface area contributed by atoms with Crippen LogP contribution < -0.4 is 15.1 Å². The molecule has 6 rings (SSSR count). The zero-order valence-corrected chi connectivity index (χ0v) is 26.9. The molecule has 0 bridgehead atoms. The Balaban J connectivity index is 1.45. The Morgan fingerprint density at radius 1 is 0.881 bits per heavy atom. The Labute approximate surface area is 260 Å². The van der Waals surface area contributed by atoms with Gasteiger partial charge in [-0.05, 0) is 123 Å². The minimum atomic E-state index is -0.117. The zero-order valence-electron chi connectivity index (χ0n) is 25.4. The van der Waals surface area contributed by atoms with Gasteiger partial charge in [0, 0.05) is 42.0 Å². The number of rotatable bonds is 5. The molecule has 218 valence electrons. The van der Waals surface area contributed by atoms with Crippen LogP contribution in [-0.4, -0.2) is 27.8 Å². The average Bonchev–Trinajstić information content (AvgIpc) is 3.42. The molecule has 4 heterocycles. The molecule has 0 amide bonds. The third-order valence-corrected chi connectivity index (χ3v) is 9.39. The van der Waals surface area contributed by atoms with Crippen LogP contribution in [0, 0.1) is 39.5 Å². The first kappa shape index (κ1) is 28.8. The maximum Gasteiger partial charge on any atom is 0.174 e. The van der Waals surface area contributed by atoms with Crippen LogP contribution in [0.1, 0.15) is 66.1 Å². The first-order chi connectivity index (χ1) is 20.1. The summed E-state index contributed by atoms with van der Waals surface area (Å²) in [7, 11) is 0. The molecule has 2 aromatic heterocycles. The van der Waals surface area contributed by atoms with Gasteiger partial charge in [-0.25, -0.2) is 0 Å². The summed E-state index contributed by atoms with van der Waals surface area (Å²) in [5, 5.41) is 5.06. The van der Waals surface area contributed by atoms with E-state index in [-0.39, 0.29) is 12.1 Å². The second-order valence-electron chi connectivity index (χ2n) is 12.5. The van der Waals surface area contributed by atoms with Gasteiger partial charge in [-0.2, -0.15) is 0 Å². The highest BCUT2D eigenvalue weighted by Crippen LogP contribution is 2.45. The molecule has 5 nitrogen and oxygen atoms in total. The number of nitrogens with one attached hydrogen (secondary N) is 1. The van der Waals surface area contributed by atoms with Gasteiger partial charge in [0.2, 0.25) is 0 Å². The maximum atomic E-state index is 7.05. The Morgan fingerprint density at radius 3 is 2.24 bits per heavy atom. The first-order valence-electron chi connectivity index (χ1n) is 14.9. The van der Waals surface area contributed by atoms with Gasteiger partial charge in [0.25, 0.3) is 0 Å². The van der Waals surface area contributed by atoms with Gasteiger partial charge in [0.05, 0.1) is 28.5 Å². The molecule has 0 spiro atoms. The van der Waals surface area contributed by atoms with Crippen molar-refractivity contribution < 1.29 is 0 Å². The minimum Gasteiger partial charge on any atom is -0.370 e. The average molecular weight is 598 g/mol. The SMILES string of the molecule is Cc1cc(C)cc(-n2c(C)cc([C@H]3[C@H](c4ccccn4)NC(=S)N3c3ccc(N4C[C@H](C)C[C@H](C)C4)c(Cl)c3)c2C)c1. The lowest BCUT2D eigenvalue weighted by molar-refractivity contribution is 0.357. The number of benzene rings is 2. The van der Waals surface area contributed by atoms with E-state index >= 15 is 0 Å². The number of thiocarbonyl (C=S) groups is 1. The molecule has 7 heteroatoms. The summed E-state index contributed by atoms with van der Waals surface area (Å²) in [6.45, 7) is 15.4. The Bertz CT molecular complexity index is 1600. The first-order valence-corrected chi connectivity index (χ1v) is 15.7. The van der Waals surface area contributed by atoms with E-state index in [2.05, 4.69) is 110 Å². The van der Waals surface area contributed by atoms with Gasteiger partial charge in [0.1, 0.15) is 0 Å². The number of nitrogens with zero attached hydrogens (tertiary/aromatic N) is 4. The van der Waals surface area contributed by atoms with Gasteiger partial charge >= 0.3 is 0 Å². The van der Waals surface area contributed by atoms with Crippen molar-refractivity contribution in [3.05, 3.63) is 106 Å². The van der Waals surface area contributed by atoms with Crippen molar-refractivity contribution in [2.45, 2.75) is 60.0 Å². The number of hydrogen-bond donors (Lipinski definition) is 1. The fourth-order valence-electron chi connectivity index (χ4n) is 7.27. The quantitative estimate of drug-likeness (QED) is 0.234. The van der Waals surface area contributed by atoms with E-state index in [1.165, 1.54) is 40.2 Å². The van der Waals surface area contributed by atoms with E-state index in [0.29, 0.717) is 16.9 Å². The lowest BCUT2D eigenvalue weighted by atomic mass is 9.91. The van der Waals surface area contributed by atoms with Gasteiger partial charge in [-0.3, -0.25) is 4.98 Å². The third-order valence-electron chi connectivity index (χ3n) is 8.77. The van der Waals surface area contributed by atoms with E-state index in [1.54, 1.807) is 0 Å². The predicted octanol–water partition coefficient (Wildman–Crippen LogP) is 8.42. The number of piperidine rings is 1. The maximum absolute atomic E-state index is 7.05. The van der Waals surface area contributed by atoms with Crippen LogP contribution in [0.3, 0.4) is 0 Å². The molecule has 0 radical (unpaired) electrons. The number of aryl methyl sites for hydroxylation is 3. The third kappa shape index (κ3) is 5.31. The summed E-state index contributed by atoms with van der Waals surface area (Å²) in [6, 6.07) is 21.3. The zero-order chi connectivity index (χ0) is 29.7. The van der Waals surface area contributed by atoms with Crippen molar-refractivity contribution in [3.63, 3.8) is 0 Å². The molecule has 4 aromatic rings. The predicted molar refractivity (Wildman–Crippen MR) is 179 cm³/mol. The highest BCUT2D eigenvalue weighted by Gasteiger charge is 2.42. The van der Waals surface area contributed by atoms with Crippen LogP contribution in [0.5, 0.6) is 0 Å². The monoisotopic (exact) mass is 597 g/mol. The van der Waals surface area contributed by atoms with Gasteiger partial charge in [-0.1, -0.05) is 37.6 Å². The fourth-order valence-corrected chi connectivity index (χ4v) is 7.92. The number of anilines is 2. The molecule has 0 saturated carbocycles. The van der Waals surface area contributed by atoms with Crippen LogP contribution in [0.25, 0.3) is 5.69 Å². The number of halogens is 1. The minimum absolute atomic E-state index is 0.102. The molecule has 0 aliphatic carbocycles. The van der Waals surface area contributed by atoms with E-state index < -0.39 is 0 Å². The molecule has 2 aliphatic heterocycles. The molecular weight excluding hydrogens is 558 g/mol. The van der Waals surface area contributed by atoms with Crippen molar-refractivity contribution in [1.82, 2.24) is 14.9 Å². The summed E-state index contributed by atoms with van der Waals surface area (Å²) in [5.74, 6) is 1.30. The van der Waals surface area contributed by atoms with Crippen molar-refractivity contribution in [2.75, 3.05) is 22.9 Å². The number of hydrogen-bond acceptors (Lipinski definition) is 3. The van der Waals surface area contributed by atoms with Gasteiger partial charge < -0.3 is 19.7 Å². The van der Waals surface area contributed by atoms with Crippen LogP contribution in [-0.2, 0) is 0 Å². The molecule has 4 atom stereocenters. The molecule has 2 aliphatic rings. The van der Waals surface area contributed by atoms with Crippen LogP contribution in [0.4, 0.5) is 11.4 Å². The highest BCUT2D eigenvalue weighted by atomic mass is 35.5. The van der Waals surface area contributed by atoms with Crippen molar-refractivity contribution in [2.24, 2.45) is 11.8 Å². The number of aromatic nitrogens is 2. The molecule has 2 fully saturated rings. The molecule has 0 unspecified atom stereocenters. The topological polar surface area (TPSA) is 36.3 Å². The molecule has 2 saturated heterocycles. The normalized spacial score (nSPS) is 22.5. The highest BCUT2D eigenvalue weighted by molar-refractivity contribution is 7.80. The van der Waals surface area contributed by atoms with E-state index in [4.69, 9.17) is 28.8 Å². The van der Waals surface area contributed by atoms with Crippen molar-refractivity contribution in [3.8, 4) is 5.69 Å². The molecule has 42 heavy (non-hydrogen) atoms. The van der Waals surface area contributed by atoms with E-state index in [9.17, 15) is 0 Å². The van der Waals surface area contributed by atoms with Crippen molar-refractivity contribution >= 4 is 40.3 Å². The second-order valence-corrected chi connectivity index (χ2v) is 13.3. The smallest absolute Gasteiger partial charge is 0.174 e. The number of pyridine rings is 1. The van der Waals surface area contributed by atoms with Gasteiger partial charge in [-0.15, -0.1) is 0 Å². The molecular formula is C35H40ClN5S. The van der Waals surface area contributed by atoms with Crippen LogP contribution in [0.2, 0.25) is 5.02 Å². The van der Waals surface area contributed by atoms with Crippen LogP contribution in [0.15, 0.2) is 66.9 Å².